The van der Waals surface area contributed by atoms with Gasteiger partial charge in [-0.3, -0.25) is 0 Å². The number of amides is 1. The molecule has 0 spiro atoms. The van der Waals surface area contributed by atoms with Crippen LogP contribution < -0.4 is 5.32 Å². The van der Waals surface area contributed by atoms with Crippen molar-refractivity contribution in [1.29, 1.82) is 0 Å². The SMILES string of the molecule is CC(Cn1cc(-c2nc(Cl)ncc2Cl)cc1C(=O)O)NC(=O)OC(C)(C)C. The average molecular weight is 415 g/mol. The predicted molar refractivity (Wildman–Crippen MR) is 101 cm³/mol. The van der Waals surface area contributed by atoms with Crippen molar-refractivity contribution >= 4 is 35.3 Å². The average Bonchev–Trinajstić information content (AvgIpc) is 2.91. The Morgan fingerprint density at radius 2 is 2.04 bits per heavy atom. The Labute approximate surface area is 166 Å². The molecule has 2 aromatic heterocycles. The zero-order valence-electron chi connectivity index (χ0n) is 15.3. The maximum atomic E-state index is 11.9. The smallest absolute Gasteiger partial charge is 0.407 e. The first-order chi connectivity index (χ1) is 12.5. The fraction of sp³-hybridized carbons (Fsp3) is 0.412. The number of rotatable bonds is 5. The second-order valence-electron chi connectivity index (χ2n) is 6.95. The van der Waals surface area contributed by atoms with E-state index in [4.69, 9.17) is 27.9 Å². The van der Waals surface area contributed by atoms with E-state index in [9.17, 15) is 14.7 Å². The Kier molecular flexibility index (Phi) is 6.33. The summed E-state index contributed by atoms with van der Waals surface area (Å²) < 4.78 is 6.69. The van der Waals surface area contributed by atoms with Crippen LogP contribution in [0, 0.1) is 0 Å². The van der Waals surface area contributed by atoms with Gasteiger partial charge in [-0.1, -0.05) is 11.6 Å². The molecule has 0 bridgehead atoms. The number of carboxylic acids is 1. The van der Waals surface area contributed by atoms with Gasteiger partial charge in [0, 0.05) is 24.3 Å². The number of carbonyl (C=O) groups is 2. The van der Waals surface area contributed by atoms with Gasteiger partial charge in [-0.2, -0.15) is 0 Å². The van der Waals surface area contributed by atoms with E-state index in [0.29, 0.717) is 11.3 Å². The molecule has 1 unspecified atom stereocenters. The third-order valence-electron chi connectivity index (χ3n) is 3.34. The summed E-state index contributed by atoms with van der Waals surface area (Å²) in [6.07, 6.45) is 2.35. The molecule has 0 fully saturated rings. The van der Waals surface area contributed by atoms with Crippen molar-refractivity contribution in [2.45, 2.75) is 45.9 Å². The Morgan fingerprint density at radius 3 is 2.63 bits per heavy atom. The van der Waals surface area contributed by atoms with E-state index in [-0.39, 0.29) is 28.6 Å². The summed E-state index contributed by atoms with van der Waals surface area (Å²) in [5, 5.41) is 12.4. The molecule has 0 saturated carbocycles. The van der Waals surface area contributed by atoms with Gasteiger partial charge in [-0.25, -0.2) is 19.6 Å². The van der Waals surface area contributed by atoms with Crippen LogP contribution in [-0.4, -0.2) is 43.3 Å². The fourth-order valence-electron chi connectivity index (χ4n) is 2.37. The highest BCUT2D eigenvalue weighted by atomic mass is 35.5. The first kappa shape index (κ1) is 21.0. The number of nitrogens with zero attached hydrogens (tertiary/aromatic N) is 3. The Balaban J connectivity index is 2.24. The van der Waals surface area contributed by atoms with Gasteiger partial charge in [0.2, 0.25) is 5.28 Å². The molecule has 0 aliphatic heterocycles. The van der Waals surface area contributed by atoms with Crippen LogP contribution in [0.1, 0.15) is 38.2 Å². The quantitative estimate of drug-likeness (QED) is 0.719. The summed E-state index contributed by atoms with van der Waals surface area (Å²) in [6.45, 7) is 7.22. The monoisotopic (exact) mass is 414 g/mol. The summed E-state index contributed by atoms with van der Waals surface area (Å²) >= 11 is 11.9. The van der Waals surface area contributed by atoms with Gasteiger partial charge in [0.25, 0.3) is 0 Å². The number of nitrogens with one attached hydrogen (secondary N) is 1. The molecule has 0 aromatic carbocycles. The Hall–Kier alpha value is -2.32. The van der Waals surface area contributed by atoms with Crippen molar-refractivity contribution in [3.63, 3.8) is 0 Å². The first-order valence-corrected chi connectivity index (χ1v) is 8.83. The third-order valence-corrected chi connectivity index (χ3v) is 3.80. The van der Waals surface area contributed by atoms with Gasteiger partial charge in [-0.05, 0) is 45.4 Å². The summed E-state index contributed by atoms with van der Waals surface area (Å²) in [5.74, 6) is -1.12. The van der Waals surface area contributed by atoms with Crippen molar-refractivity contribution in [3.05, 3.63) is 34.5 Å². The van der Waals surface area contributed by atoms with E-state index in [1.165, 1.54) is 16.8 Å². The van der Waals surface area contributed by atoms with Crippen molar-refractivity contribution in [2.75, 3.05) is 0 Å². The van der Waals surface area contributed by atoms with E-state index in [0.717, 1.165) is 0 Å². The first-order valence-electron chi connectivity index (χ1n) is 8.07. The molecular weight excluding hydrogens is 395 g/mol. The van der Waals surface area contributed by atoms with Crippen LogP contribution in [0.15, 0.2) is 18.5 Å². The van der Waals surface area contributed by atoms with Crippen LogP contribution in [-0.2, 0) is 11.3 Å². The lowest BCUT2D eigenvalue weighted by Crippen LogP contribution is -2.39. The summed E-state index contributed by atoms with van der Waals surface area (Å²) in [5.41, 5.74) is 0.199. The molecule has 2 N–H and O–H groups in total. The number of alkyl carbamates (subject to hydrolysis) is 1. The van der Waals surface area contributed by atoms with E-state index >= 15 is 0 Å². The van der Waals surface area contributed by atoms with Gasteiger partial charge in [-0.15, -0.1) is 0 Å². The van der Waals surface area contributed by atoms with Crippen LogP contribution in [0.5, 0.6) is 0 Å². The van der Waals surface area contributed by atoms with Crippen molar-refractivity contribution in [2.24, 2.45) is 0 Å². The number of ether oxygens (including phenoxy) is 1. The normalized spacial score (nSPS) is 12.5. The van der Waals surface area contributed by atoms with Gasteiger partial charge in [0.05, 0.1) is 16.9 Å². The molecule has 2 rings (SSSR count). The molecule has 2 heterocycles. The minimum absolute atomic E-state index is 0.000939. The Bertz CT molecular complexity index is 861. The maximum Gasteiger partial charge on any atom is 0.407 e. The number of hydrogen-bond acceptors (Lipinski definition) is 5. The zero-order valence-corrected chi connectivity index (χ0v) is 16.8. The maximum absolute atomic E-state index is 11.9. The minimum Gasteiger partial charge on any atom is -0.477 e. The fourth-order valence-corrected chi connectivity index (χ4v) is 2.70. The van der Waals surface area contributed by atoms with Gasteiger partial charge in [0.15, 0.2) is 0 Å². The lowest BCUT2D eigenvalue weighted by Gasteiger charge is -2.22. The molecule has 146 valence electrons. The van der Waals surface area contributed by atoms with Crippen molar-refractivity contribution < 1.29 is 19.4 Å². The molecular formula is C17H20Cl2N4O4. The summed E-state index contributed by atoms with van der Waals surface area (Å²) in [7, 11) is 0. The molecule has 8 nitrogen and oxygen atoms in total. The topological polar surface area (TPSA) is 106 Å². The van der Waals surface area contributed by atoms with Gasteiger partial charge < -0.3 is 19.7 Å². The van der Waals surface area contributed by atoms with Gasteiger partial charge >= 0.3 is 12.1 Å². The van der Waals surface area contributed by atoms with E-state index in [1.807, 2.05) is 0 Å². The molecule has 0 aliphatic rings. The van der Waals surface area contributed by atoms with E-state index in [2.05, 4.69) is 15.3 Å². The van der Waals surface area contributed by atoms with Crippen LogP contribution >= 0.6 is 23.2 Å². The number of carbonyl (C=O) groups excluding carboxylic acids is 1. The second-order valence-corrected chi connectivity index (χ2v) is 7.70. The number of carboxylic acid groups (broad SMARTS) is 1. The standard InChI is InChI=1S/C17H20Cl2N4O4/c1-9(21-16(26)27-17(2,3)4)7-23-8-10(5-12(23)14(24)25)13-11(18)6-20-15(19)22-13/h5-6,8-9H,7H2,1-4H3,(H,21,26)(H,24,25). The minimum atomic E-state index is -1.12. The number of halogens is 2. The molecule has 1 atom stereocenters. The predicted octanol–water partition coefficient (Wildman–Crippen LogP) is 3.86. The highest BCUT2D eigenvalue weighted by Crippen LogP contribution is 2.28. The molecule has 2 aromatic rings. The Morgan fingerprint density at radius 1 is 1.37 bits per heavy atom. The van der Waals surface area contributed by atoms with Crippen LogP contribution in [0.4, 0.5) is 4.79 Å². The second kappa shape index (κ2) is 8.14. The number of aromatic carboxylic acids is 1. The molecule has 1 amide bonds. The summed E-state index contributed by atoms with van der Waals surface area (Å²) in [4.78, 5) is 31.3. The molecule has 0 radical (unpaired) electrons. The van der Waals surface area contributed by atoms with Crippen LogP contribution in [0.3, 0.4) is 0 Å². The number of aromatic nitrogens is 3. The highest BCUT2D eigenvalue weighted by Gasteiger charge is 2.21. The molecule has 0 aliphatic carbocycles. The molecule has 27 heavy (non-hydrogen) atoms. The molecule has 10 heteroatoms. The largest absolute Gasteiger partial charge is 0.477 e. The van der Waals surface area contributed by atoms with Crippen molar-refractivity contribution in [1.82, 2.24) is 19.9 Å². The van der Waals surface area contributed by atoms with E-state index < -0.39 is 17.7 Å². The van der Waals surface area contributed by atoms with E-state index in [1.54, 1.807) is 33.9 Å². The highest BCUT2D eigenvalue weighted by molar-refractivity contribution is 6.33. The lowest BCUT2D eigenvalue weighted by molar-refractivity contribution is 0.0504. The number of hydrogen-bond donors (Lipinski definition) is 2. The van der Waals surface area contributed by atoms with Gasteiger partial charge in [0.1, 0.15) is 11.3 Å². The molecule has 0 saturated heterocycles. The lowest BCUT2D eigenvalue weighted by atomic mass is 10.2. The van der Waals surface area contributed by atoms with Crippen molar-refractivity contribution in [3.8, 4) is 11.3 Å². The zero-order chi connectivity index (χ0) is 20.4. The summed E-state index contributed by atoms with van der Waals surface area (Å²) in [6, 6.07) is 1.05. The van der Waals surface area contributed by atoms with Crippen LogP contribution in [0.25, 0.3) is 11.3 Å². The third kappa shape index (κ3) is 5.83. The van der Waals surface area contributed by atoms with Crippen LogP contribution in [0.2, 0.25) is 10.3 Å².